The van der Waals surface area contributed by atoms with Crippen LogP contribution in [0.3, 0.4) is 0 Å². The Labute approximate surface area is 120 Å². The van der Waals surface area contributed by atoms with Crippen LogP contribution in [0.5, 0.6) is 0 Å². The summed E-state index contributed by atoms with van der Waals surface area (Å²) in [6.45, 7) is 6.37. The van der Waals surface area contributed by atoms with Gasteiger partial charge in [-0.15, -0.1) is 0 Å². The number of hydrogen-bond acceptors (Lipinski definition) is 2. The molecule has 0 aliphatic rings. The third-order valence-corrected chi connectivity index (χ3v) is 3.74. The van der Waals surface area contributed by atoms with E-state index in [9.17, 15) is 0 Å². The summed E-state index contributed by atoms with van der Waals surface area (Å²) in [5.74, 6) is 0. The highest BCUT2D eigenvalue weighted by Crippen LogP contribution is 2.19. The highest BCUT2D eigenvalue weighted by Gasteiger charge is 2.07. The van der Waals surface area contributed by atoms with Crippen molar-refractivity contribution in [1.29, 1.82) is 0 Å². The Hall–Kier alpha value is -1.67. The lowest BCUT2D eigenvalue weighted by Gasteiger charge is -2.21. The van der Waals surface area contributed by atoms with E-state index in [0.717, 1.165) is 29.1 Å². The first-order valence-corrected chi connectivity index (χ1v) is 7.11. The van der Waals surface area contributed by atoms with Crippen LogP contribution in [0.1, 0.15) is 25.0 Å². The largest absolute Gasteiger partial charge is 0.372 e. The van der Waals surface area contributed by atoms with Crippen molar-refractivity contribution in [3.63, 3.8) is 0 Å². The van der Waals surface area contributed by atoms with Gasteiger partial charge in [0.1, 0.15) is 0 Å². The molecule has 0 aliphatic heterocycles. The van der Waals surface area contributed by atoms with Crippen molar-refractivity contribution in [2.75, 3.05) is 18.0 Å². The van der Waals surface area contributed by atoms with E-state index in [1.165, 1.54) is 5.69 Å². The fourth-order valence-corrected chi connectivity index (χ4v) is 2.45. The van der Waals surface area contributed by atoms with Crippen LogP contribution in [0.25, 0.3) is 0 Å². The summed E-state index contributed by atoms with van der Waals surface area (Å²) < 4.78 is 0. The zero-order valence-electron chi connectivity index (χ0n) is 11.5. The van der Waals surface area contributed by atoms with Gasteiger partial charge in [0.25, 0.3) is 0 Å². The van der Waals surface area contributed by atoms with E-state index in [2.05, 4.69) is 55.1 Å². The van der Waals surface area contributed by atoms with Gasteiger partial charge in [-0.3, -0.25) is 0 Å². The van der Waals surface area contributed by atoms with Gasteiger partial charge in [0.2, 0.25) is 0 Å². The van der Waals surface area contributed by atoms with Crippen molar-refractivity contribution in [2.45, 2.75) is 13.8 Å². The minimum absolute atomic E-state index is 0.912. The van der Waals surface area contributed by atoms with Crippen molar-refractivity contribution in [1.82, 2.24) is 0 Å². The first-order valence-electron chi connectivity index (χ1n) is 6.71. The molecule has 2 aromatic carbocycles. The normalized spacial score (nSPS) is 10.2. The SMILES string of the molecule is CCN(CC)c1cccc(C(=S)c2ccccc2)c1. The summed E-state index contributed by atoms with van der Waals surface area (Å²) in [4.78, 5) is 3.24. The lowest BCUT2D eigenvalue weighted by molar-refractivity contribution is 0.866. The van der Waals surface area contributed by atoms with Gasteiger partial charge in [0, 0.05) is 18.8 Å². The molecule has 2 heteroatoms. The predicted octanol–water partition coefficient (Wildman–Crippen LogP) is 4.30. The molecular formula is C17H19NS. The van der Waals surface area contributed by atoms with E-state index < -0.39 is 0 Å². The van der Waals surface area contributed by atoms with Gasteiger partial charge in [0.05, 0.1) is 4.86 Å². The van der Waals surface area contributed by atoms with Crippen LogP contribution in [0, 0.1) is 0 Å². The molecular weight excluding hydrogens is 250 g/mol. The molecule has 0 aliphatic carbocycles. The van der Waals surface area contributed by atoms with Crippen molar-refractivity contribution in [3.8, 4) is 0 Å². The van der Waals surface area contributed by atoms with Crippen LogP contribution in [-0.2, 0) is 0 Å². The Morgan fingerprint density at radius 3 is 2.16 bits per heavy atom. The lowest BCUT2D eigenvalue weighted by Crippen LogP contribution is -2.21. The predicted molar refractivity (Wildman–Crippen MR) is 87.2 cm³/mol. The molecule has 0 fully saturated rings. The molecule has 2 rings (SSSR count). The highest BCUT2D eigenvalue weighted by atomic mass is 32.1. The van der Waals surface area contributed by atoms with E-state index in [1.807, 2.05) is 18.2 Å². The van der Waals surface area contributed by atoms with Gasteiger partial charge >= 0.3 is 0 Å². The van der Waals surface area contributed by atoms with Gasteiger partial charge in [-0.05, 0) is 37.1 Å². The summed E-state index contributed by atoms with van der Waals surface area (Å²) in [5, 5.41) is 0. The van der Waals surface area contributed by atoms with E-state index in [-0.39, 0.29) is 0 Å². The Balaban J connectivity index is 2.31. The van der Waals surface area contributed by atoms with Crippen molar-refractivity contribution in [2.24, 2.45) is 0 Å². The fourth-order valence-electron chi connectivity index (χ4n) is 2.19. The standard InChI is InChI=1S/C17H19NS/c1-3-18(4-2)16-12-8-11-15(13-16)17(19)14-9-6-5-7-10-14/h5-13H,3-4H2,1-2H3. The summed E-state index contributed by atoms with van der Waals surface area (Å²) in [6.07, 6.45) is 0. The molecule has 0 amide bonds. The first-order chi connectivity index (χ1) is 9.26. The molecule has 2 aromatic rings. The molecule has 19 heavy (non-hydrogen) atoms. The zero-order valence-corrected chi connectivity index (χ0v) is 12.3. The monoisotopic (exact) mass is 269 g/mol. The topological polar surface area (TPSA) is 3.24 Å². The van der Waals surface area contributed by atoms with Crippen LogP contribution in [0.4, 0.5) is 5.69 Å². The van der Waals surface area contributed by atoms with Gasteiger partial charge in [0.15, 0.2) is 0 Å². The second kappa shape index (κ2) is 6.48. The molecule has 0 unspecified atom stereocenters. The van der Waals surface area contributed by atoms with Crippen molar-refractivity contribution in [3.05, 3.63) is 65.7 Å². The van der Waals surface area contributed by atoms with Crippen LogP contribution in [0.15, 0.2) is 54.6 Å². The van der Waals surface area contributed by atoms with Crippen LogP contribution < -0.4 is 4.90 Å². The molecule has 0 aromatic heterocycles. The van der Waals surface area contributed by atoms with E-state index in [1.54, 1.807) is 0 Å². The van der Waals surface area contributed by atoms with E-state index >= 15 is 0 Å². The molecule has 0 atom stereocenters. The molecule has 0 saturated carbocycles. The number of benzene rings is 2. The van der Waals surface area contributed by atoms with Crippen LogP contribution in [0.2, 0.25) is 0 Å². The lowest BCUT2D eigenvalue weighted by atomic mass is 10.0. The van der Waals surface area contributed by atoms with Gasteiger partial charge < -0.3 is 4.90 Å². The third kappa shape index (κ3) is 3.21. The molecule has 0 heterocycles. The number of rotatable bonds is 5. The minimum Gasteiger partial charge on any atom is -0.372 e. The quantitative estimate of drug-likeness (QED) is 0.588. The van der Waals surface area contributed by atoms with E-state index in [4.69, 9.17) is 12.2 Å². The molecule has 0 radical (unpaired) electrons. The second-order valence-electron chi connectivity index (χ2n) is 4.42. The van der Waals surface area contributed by atoms with E-state index in [0.29, 0.717) is 0 Å². The van der Waals surface area contributed by atoms with Crippen LogP contribution in [-0.4, -0.2) is 18.0 Å². The Bertz CT molecular complexity index is 544. The number of hydrogen-bond donors (Lipinski definition) is 0. The Morgan fingerprint density at radius 1 is 0.895 bits per heavy atom. The van der Waals surface area contributed by atoms with Crippen molar-refractivity contribution >= 4 is 22.8 Å². The third-order valence-electron chi connectivity index (χ3n) is 3.27. The average molecular weight is 269 g/mol. The number of anilines is 1. The highest BCUT2D eigenvalue weighted by molar-refractivity contribution is 7.81. The molecule has 0 spiro atoms. The second-order valence-corrected chi connectivity index (χ2v) is 4.83. The zero-order chi connectivity index (χ0) is 13.7. The van der Waals surface area contributed by atoms with Gasteiger partial charge in [-0.2, -0.15) is 0 Å². The Kier molecular flexibility index (Phi) is 4.69. The van der Waals surface area contributed by atoms with Gasteiger partial charge in [-0.1, -0.05) is 54.7 Å². The molecule has 0 saturated heterocycles. The summed E-state index contributed by atoms with van der Waals surface area (Å²) in [5.41, 5.74) is 3.46. The Morgan fingerprint density at radius 2 is 1.53 bits per heavy atom. The number of thiocarbonyl (C=S) groups is 1. The summed E-state index contributed by atoms with van der Waals surface area (Å²) in [6, 6.07) is 18.7. The maximum atomic E-state index is 5.59. The molecule has 0 bridgehead atoms. The molecule has 1 nitrogen and oxygen atoms in total. The smallest absolute Gasteiger partial charge is 0.0522 e. The van der Waals surface area contributed by atoms with Crippen LogP contribution >= 0.6 is 12.2 Å². The minimum atomic E-state index is 0.912. The number of nitrogens with zero attached hydrogens (tertiary/aromatic N) is 1. The maximum absolute atomic E-state index is 5.59. The first kappa shape index (κ1) is 13.8. The fraction of sp³-hybridized carbons (Fsp3) is 0.235. The summed E-state index contributed by atoms with van der Waals surface area (Å²) in [7, 11) is 0. The van der Waals surface area contributed by atoms with Crippen molar-refractivity contribution < 1.29 is 0 Å². The molecule has 98 valence electrons. The maximum Gasteiger partial charge on any atom is 0.0522 e. The van der Waals surface area contributed by atoms with Gasteiger partial charge in [-0.25, -0.2) is 0 Å². The summed E-state index contributed by atoms with van der Waals surface area (Å²) >= 11 is 5.59. The molecule has 0 N–H and O–H groups in total. The average Bonchev–Trinajstić information content (AvgIpc) is 2.49.